The topological polar surface area (TPSA) is 98.7 Å². The molecular formula is C8H14N2O4S2. The third-order valence-electron chi connectivity index (χ3n) is 1.96. The summed E-state index contributed by atoms with van der Waals surface area (Å²) in [4.78, 5) is 20.2. The molecule has 2 aliphatic rings. The number of aliphatic carboxylic acids is 2. The van der Waals surface area contributed by atoms with Crippen LogP contribution in [0.15, 0.2) is 0 Å². The number of hydrogen-bond acceptors (Lipinski definition) is 6. The van der Waals surface area contributed by atoms with Crippen LogP contribution in [0.1, 0.15) is 0 Å². The molecule has 2 aliphatic heterocycles. The molecule has 92 valence electrons. The Hall–Kier alpha value is -0.440. The minimum atomic E-state index is -0.757. The van der Waals surface area contributed by atoms with Crippen LogP contribution in [0.4, 0.5) is 0 Å². The van der Waals surface area contributed by atoms with Gasteiger partial charge in [0.2, 0.25) is 0 Å². The summed E-state index contributed by atoms with van der Waals surface area (Å²) in [5.74, 6) is 0.894. The molecule has 0 aromatic heterocycles. The van der Waals surface area contributed by atoms with Gasteiger partial charge in [-0.15, -0.1) is 23.5 Å². The smallest absolute Gasteiger partial charge is 0.331 e. The Labute approximate surface area is 102 Å². The molecular weight excluding hydrogens is 252 g/mol. The Morgan fingerprint density at radius 1 is 1.19 bits per heavy atom. The molecule has 0 bridgehead atoms. The molecule has 0 aromatic carbocycles. The Kier molecular flexibility index (Phi) is 5.96. The molecule has 0 aromatic rings. The van der Waals surface area contributed by atoms with Gasteiger partial charge in [0.25, 0.3) is 0 Å². The van der Waals surface area contributed by atoms with Gasteiger partial charge >= 0.3 is 11.9 Å². The third kappa shape index (κ3) is 4.60. The quantitative estimate of drug-likeness (QED) is 0.529. The molecule has 6 nitrogen and oxygen atoms in total. The van der Waals surface area contributed by atoms with E-state index < -0.39 is 11.9 Å². The molecule has 8 heteroatoms. The number of thioether (sulfide) groups is 2. The van der Waals surface area contributed by atoms with Crippen LogP contribution in [0.5, 0.6) is 0 Å². The second kappa shape index (κ2) is 7.00. The van der Waals surface area contributed by atoms with Crippen LogP contribution in [-0.4, -0.2) is 57.5 Å². The molecule has 2 rings (SSSR count). The Bertz CT molecular complexity index is 226. The first kappa shape index (κ1) is 13.6. The molecule has 0 amide bonds. The molecule has 2 saturated heterocycles. The van der Waals surface area contributed by atoms with E-state index in [1.807, 2.05) is 0 Å². The summed E-state index contributed by atoms with van der Waals surface area (Å²) >= 11 is 3.06. The van der Waals surface area contributed by atoms with Crippen LogP contribution < -0.4 is 10.6 Å². The van der Waals surface area contributed by atoms with Crippen molar-refractivity contribution in [1.82, 2.24) is 10.6 Å². The van der Waals surface area contributed by atoms with Crippen LogP contribution in [0, 0.1) is 0 Å². The van der Waals surface area contributed by atoms with Gasteiger partial charge in [-0.1, -0.05) is 0 Å². The summed E-state index contributed by atoms with van der Waals surface area (Å²) in [7, 11) is 0. The van der Waals surface area contributed by atoms with Crippen molar-refractivity contribution >= 4 is 35.5 Å². The van der Waals surface area contributed by atoms with E-state index in [0.717, 1.165) is 18.2 Å². The zero-order valence-electron chi connectivity index (χ0n) is 8.51. The monoisotopic (exact) mass is 266 g/mol. The first-order chi connectivity index (χ1) is 7.61. The predicted molar refractivity (Wildman–Crippen MR) is 63.8 cm³/mol. The van der Waals surface area contributed by atoms with Gasteiger partial charge in [0, 0.05) is 23.9 Å². The van der Waals surface area contributed by atoms with Crippen molar-refractivity contribution in [2.75, 3.05) is 23.9 Å². The Morgan fingerprint density at radius 3 is 2.19 bits per heavy atom. The molecule has 16 heavy (non-hydrogen) atoms. The highest BCUT2D eigenvalue weighted by atomic mass is 32.2. The normalized spacial score (nSPS) is 28.2. The van der Waals surface area contributed by atoms with E-state index in [1.165, 1.54) is 11.8 Å². The summed E-state index contributed by atoms with van der Waals surface area (Å²) in [6, 6.07) is -0.306. The highest BCUT2D eigenvalue weighted by Crippen LogP contribution is 2.12. The van der Waals surface area contributed by atoms with Crippen LogP contribution >= 0.6 is 23.5 Å². The van der Waals surface area contributed by atoms with Gasteiger partial charge in [-0.2, -0.15) is 0 Å². The number of hydrogen-bond donors (Lipinski definition) is 4. The molecule has 2 fully saturated rings. The fourth-order valence-corrected chi connectivity index (χ4v) is 2.92. The molecule has 0 saturated carbocycles. The second-order valence-electron chi connectivity index (χ2n) is 3.15. The molecule has 4 N–H and O–H groups in total. The fraction of sp³-hybridized carbons (Fsp3) is 0.750. The zero-order valence-corrected chi connectivity index (χ0v) is 10.1. The van der Waals surface area contributed by atoms with E-state index in [4.69, 9.17) is 10.2 Å². The summed E-state index contributed by atoms with van der Waals surface area (Å²) < 4.78 is 0. The first-order valence-corrected chi connectivity index (χ1v) is 6.93. The minimum absolute atomic E-state index is 0.306. The lowest BCUT2D eigenvalue weighted by Crippen LogP contribution is -2.32. The van der Waals surface area contributed by atoms with Gasteiger partial charge in [-0.25, -0.2) is 4.79 Å². The van der Waals surface area contributed by atoms with E-state index in [1.54, 1.807) is 11.8 Å². The van der Waals surface area contributed by atoms with Crippen molar-refractivity contribution in [3.63, 3.8) is 0 Å². The average Bonchev–Trinajstić information content (AvgIpc) is 2.93. The van der Waals surface area contributed by atoms with E-state index in [-0.39, 0.29) is 11.4 Å². The van der Waals surface area contributed by atoms with Gasteiger partial charge in [0.15, 0.2) is 5.37 Å². The maximum Gasteiger partial charge on any atom is 0.331 e. The fourth-order valence-electron chi connectivity index (χ4n) is 1.14. The first-order valence-electron chi connectivity index (χ1n) is 4.73. The van der Waals surface area contributed by atoms with Crippen molar-refractivity contribution in [2.24, 2.45) is 0 Å². The lowest BCUT2D eigenvalue weighted by atomic mass is 10.4. The van der Waals surface area contributed by atoms with E-state index in [0.29, 0.717) is 5.75 Å². The van der Waals surface area contributed by atoms with Crippen LogP contribution in [0.25, 0.3) is 0 Å². The highest BCUT2D eigenvalue weighted by molar-refractivity contribution is 8.00. The average molecular weight is 266 g/mol. The molecule has 0 radical (unpaired) electrons. The number of rotatable bonds is 2. The van der Waals surface area contributed by atoms with Gasteiger partial charge in [-0.3, -0.25) is 15.4 Å². The van der Waals surface area contributed by atoms with Crippen molar-refractivity contribution in [3.05, 3.63) is 0 Å². The standard InChI is InChI=1S/2C4H7NO2S/c6-4(7)3-1-8-2-5-3;6-4(7)3-5-1-2-8-3/h2*3,5H,1-2H2,(H,6,7)/t3-;/m0./s1. The van der Waals surface area contributed by atoms with Crippen LogP contribution in [0.3, 0.4) is 0 Å². The molecule has 2 atom stereocenters. The van der Waals surface area contributed by atoms with Crippen LogP contribution in [0.2, 0.25) is 0 Å². The summed E-state index contributed by atoms with van der Waals surface area (Å²) in [5.41, 5.74) is 0. The Morgan fingerprint density at radius 2 is 1.94 bits per heavy atom. The van der Waals surface area contributed by atoms with Gasteiger partial charge in [-0.05, 0) is 0 Å². The van der Waals surface area contributed by atoms with E-state index in [2.05, 4.69) is 10.6 Å². The zero-order chi connectivity index (χ0) is 12.0. The van der Waals surface area contributed by atoms with Gasteiger partial charge in [0.1, 0.15) is 6.04 Å². The van der Waals surface area contributed by atoms with Gasteiger partial charge in [0.05, 0.1) is 0 Å². The maximum absolute atomic E-state index is 10.1. The van der Waals surface area contributed by atoms with Crippen molar-refractivity contribution < 1.29 is 19.8 Å². The SMILES string of the molecule is O=C(O)C1NCCS1.O=C(O)[C@@H]1CSCN1. The third-order valence-corrected chi connectivity index (χ3v) is 4.04. The molecule has 2 heterocycles. The Balaban J connectivity index is 0.000000160. The van der Waals surface area contributed by atoms with Gasteiger partial charge < -0.3 is 10.2 Å². The van der Waals surface area contributed by atoms with Crippen molar-refractivity contribution in [1.29, 1.82) is 0 Å². The minimum Gasteiger partial charge on any atom is -0.480 e. The molecule has 0 spiro atoms. The van der Waals surface area contributed by atoms with Crippen molar-refractivity contribution in [3.8, 4) is 0 Å². The maximum atomic E-state index is 10.1. The number of carbonyl (C=O) groups is 2. The summed E-state index contributed by atoms with van der Waals surface area (Å²) in [5, 5.41) is 22.0. The highest BCUT2D eigenvalue weighted by Gasteiger charge is 2.21. The van der Waals surface area contributed by atoms with E-state index >= 15 is 0 Å². The lowest BCUT2D eigenvalue weighted by Gasteiger charge is -1.98. The summed E-state index contributed by atoms with van der Waals surface area (Å²) in [6.07, 6.45) is 0. The number of carboxylic acids is 2. The summed E-state index contributed by atoms with van der Waals surface area (Å²) in [6.45, 7) is 0.821. The largest absolute Gasteiger partial charge is 0.480 e. The predicted octanol–water partition coefficient (Wildman–Crippen LogP) is -0.533. The van der Waals surface area contributed by atoms with E-state index in [9.17, 15) is 9.59 Å². The number of nitrogens with one attached hydrogen (secondary N) is 2. The lowest BCUT2D eigenvalue weighted by molar-refractivity contribution is -0.139. The molecule has 1 unspecified atom stereocenters. The second-order valence-corrected chi connectivity index (χ2v) is 5.40. The number of carboxylic acid groups (broad SMARTS) is 2. The molecule has 0 aliphatic carbocycles. The van der Waals surface area contributed by atoms with Crippen molar-refractivity contribution in [2.45, 2.75) is 11.4 Å². The van der Waals surface area contributed by atoms with Crippen LogP contribution in [-0.2, 0) is 9.59 Å².